The van der Waals surface area contributed by atoms with Gasteiger partial charge in [-0.2, -0.15) is 5.26 Å². The largest absolute Gasteiger partial charge is 0.456 e. The highest BCUT2D eigenvalue weighted by atomic mass is 16.5. The first kappa shape index (κ1) is 15.9. The molecule has 0 saturated carbocycles. The molecule has 2 atom stereocenters. The number of nitrogens with two attached hydrogens (primary N) is 1. The maximum Gasteiger partial charge on any atom is 0.315 e. The van der Waals surface area contributed by atoms with E-state index in [0.717, 1.165) is 18.4 Å². The van der Waals surface area contributed by atoms with Gasteiger partial charge in [0.2, 0.25) is 0 Å². The van der Waals surface area contributed by atoms with E-state index in [1.165, 1.54) is 0 Å². The molecule has 1 saturated heterocycles. The number of carbonyl (C=O) groups excluding carboxylic acids is 1. The van der Waals surface area contributed by atoms with E-state index in [-0.39, 0.29) is 18.1 Å². The molecule has 1 unspecified atom stereocenters. The lowest BCUT2D eigenvalue weighted by Crippen LogP contribution is -2.39. The number of nitriles is 1. The van der Waals surface area contributed by atoms with Crippen LogP contribution in [0.5, 0.6) is 11.5 Å². The number of hydrogen-bond acceptors (Lipinski definition) is 3. The average Bonchev–Trinajstić information content (AvgIpc) is 2.98. The van der Waals surface area contributed by atoms with Gasteiger partial charge >= 0.3 is 6.03 Å². The molecule has 122 valence electrons. The highest BCUT2D eigenvalue weighted by Gasteiger charge is 2.33. The first-order valence-corrected chi connectivity index (χ1v) is 7.95. The van der Waals surface area contributed by atoms with Gasteiger partial charge in [-0.15, -0.1) is 0 Å². The zero-order chi connectivity index (χ0) is 17.1. The second-order valence-electron chi connectivity index (χ2n) is 5.97. The zero-order valence-electron chi connectivity index (χ0n) is 13.5. The first-order valence-electron chi connectivity index (χ1n) is 7.95. The molecule has 1 aliphatic heterocycles. The molecule has 1 aliphatic rings. The smallest absolute Gasteiger partial charge is 0.315 e. The molecule has 24 heavy (non-hydrogen) atoms. The van der Waals surface area contributed by atoms with E-state index in [0.29, 0.717) is 17.1 Å². The highest BCUT2D eigenvalue weighted by Crippen LogP contribution is 2.36. The third-order valence-electron chi connectivity index (χ3n) is 4.42. The molecule has 1 heterocycles. The molecule has 2 aromatic rings. The third kappa shape index (κ3) is 3.04. The number of nitrogens with zero attached hydrogens (tertiary/aromatic N) is 2. The van der Waals surface area contributed by atoms with Gasteiger partial charge in [-0.05, 0) is 49.6 Å². The van der Waals surface area contributed by atoms with Gasteiger partial charge in [0.05, 0.1) is 11.6 Å². The van der Waals surface area contributed by atoms with Crippen molar-refractivity contribution in [3.05, 3.63) is 59.7 Å². The summed E-state index contributed by atoms with van der Waals surface area (Å²) < 4.78 is 5.79. The maximum atomic E-state index is 11.7. The van der Waals surface area contributed by atoms with Crippen LogP contribution in [0.15, 0.2) is 48.5 Å². The fraction of sp³-hybridized carbons (Fsp3) is 0.263. The number of primary amides is 1. The number of carbonyl (C=O) groups is 1. The Morgan fingerprint density at radius 1 is 1.21 bits per heavy atom. The Hall–Kier alpha value is -3.00. The van der Waals surface area contributed by atoms with Crippen molar-refractivity contribution in [2.24, 2.45) is 5.73 Å². The van der Waals surface area contributed by atoms with Crippen molar-refractivity contribution in [1.82, 2.24) is 4.90 Å². The van der Waals surface area contributed by atoms with E-state index in [9.17, 15) is 4.79 Å². The van der Waals surface area contributed by atoms with Gasteiger partial charge in [0.25, 0.3) is 0 Å². The van der Waals surface area contributed by atoms with Crippen molar-refractivity contribution in [3.63, 3.8) is 0 Å². The topological polar surface area (TPSA) is 79.3 Å². The lowest BCUT2D eigenvalue weighted by molar-refractivity contribution is 0.186. The van der Waals surface area contributed by atoms with Crippen molar-refractivity contribution < 1.29 is 9.53 Å². The first-order chi connectivity index (χ1) is 11.6. The molecule has 0 bridgehead atoms. The second kappa shape index (κ2) is 6.63. The molecular formula is C19H19N3O2. The van der Waals surface area contributed by atoms with Crippen LogP contribution in [0.4, 0.5) is 4.79 Å². The molecule has 0 spiro atoms. The molecule has 5 heteroatoms. The summed E-state index contributed by atoms with van der Waals surface area (Å²) in [7, 11) is 0. The van der Waals surface area contributed by atoms with Gasteiger partial charge in [0, 0.05) is 6.04 Å². The van der Waals surface area contributed by atoms with Crippen molar-refractivity contribution >= 4 is 6.03 Å². The SMILES string of the molecule is CC1CC[C@H](c2ccc(Oc3ccccc3C#N)cc2)N1C(N)=O. The van der Waals surface area contributed by atoms with Gasteiger partial charge in [0.1, 0.15) is 17.6 Å². The van der Waals surface area contributed by atoms with Gasteiger partial charge in [0.15, 0.2) is 0 Å². The van der Waals surface area contributed by atoms with E-state index < -0.39 is 0 Å². The lowest BCUT2D eigenvalue weighted by atomic mass is 10.0. The van der Waals surface area contributed by atoms with Crippen LogP contribution in [0.1, 0.15) is 36.9 Å². The predicted molar refractivity (Wildman–Crippen MR) is 90.5 cm³/mol. The van der Waals surface area contributed by atoms with Crippen LogP contribution < -0.4 is 10.5 Å². The van der Waals surface area contributed by atoms with Crippen molar-refractivity contribution in [2.75, 3.05) is 0 Å². The van der Waals surface area contributed by atoms with Crippen LogP contribution in [-0.4, -0.2) is 17.0 Å². The Balaban J connectivity index is 1.79. The lowest BCUT2D eigenvalue weighted by Gasteiger charge is -2.27. The number of para-hydroxylation sites is 1. The number of hydrogen-bond donors (Lipinski definition) is 1. The van der Waals surface area contributed by atoms with Gasteiger partial charge in [-0.3, -0.25) is 0 Å². The van der Waals surface area contributed by atoms with Crippen LogP contribution in [0.25, 0.3) is 0 Å². The van der Waals surface area contributed by atoms with E-state index in [1.54, 1.807) is 23.1 Å². The summed E-state index contributed by atoms with van der Waals surface area (Å²) in [4.78, 5) is 13.4. The van der Waals surface area contributed by atoms with E-state index >= 15 is 0 Å². The van der Waals surface area contributed by atoms with Crippen LogP contribution in [0, 0.1) is 11.3 Å². The van der Waals surface area contributed by atoms with E-state index in [4.69, 9.17) is 15.7 Å². The fourth-order valence-corrected chi connectivity index (χ4v) is 3.22. The van der Waals surface area contributed by atoms with Gasteiger partial charge in [-0.1, -0.05) is 24.3 Å². The second-order valence-corrected chi connectivity index (χ2v) is 5.97. The summed E-state index contributed by atoms with van der Waals surface area (Å²) in [5.41, 5.74) is 7.04. The third-order valence-corrected chi connectivity index (χ3v) is 4.42. The van der Waals surface area contributed by atoms with Crippen molar-refractivity contribution in [1.29, 1.82) is 5.26 Å². The normalized spacial score (nSPS) is 19.8. The standard InChI is InChI=1S/C19H19N3O2/c1-13-6-11-17(22(13)19(21)23)14-7-9-16(10-8-14)24-18-5-3-2-4-15(18)12-20/h2-5,7-10,13,17H,6,11H2,1H3,(H2,21,23)/t13?,17-/m1/s1. The molecule has 2 N–H and O–H groups in total. The number of urea groups is 1. The Bertz CT molecular complexity index is 780. The number of amides is 2. The van der Waals surface area contributed by atoms with Crippen LogP contribution in [0.2, 0.25) is 0 Å². The quantitative estimate of drug-likeness (QED) is 0.929. The molecular weight excluding hydrogens is 302 g/mol. The zero-order valence-corrected chi connectivity index (χ0v) is 13.5. The van der Waals surface area contributed by atoms with Crippen molar-refractivity contribution in [2.45, 2.75) is 31.8 Å². The monoisotopic (exact) mass is 321 g/mol. The molecule has 3 rings (SSSR count). The molecule has 0 radical (unpaired) electrons. The Labute approximate surface area is 141 Å². The van der Waals surface area contributed by atoms with E-state index in [2.05, 4.69) is 6.07 Å². The predicted octanol–water partition coefficient (Wildman–Crippen LogP) is 3.95. The van der Waals surface area contributed by atoms with Crippen LogP contribution >= 0.6 is 0 Å². The summed E-state index contributed by atoms with van der Waals surface area (Å²) in [6, 6.07) is 16.6. The molecule has 0 aliphatic carbocycles. The van der Waals surface area contributed by atoms with Gasteiger partial charge in [-0.25, -0.2) is 4.79 Å². The molecule has 1 fully saturated rings. The molecule has 2 aromatic carbocycles. The van der Waals surface area contributed by atoms with Gasteiger partial charge < -0.3 is 15.4 Å². The molecule has 5 nitrogen and oxygen atoms in total. The summed E-state index contributed by atoms with van der Waals surface area (Å²) in [6.07, 6.45) is 1.85. The summed E-state index contributed by atoms with van der Waals surface area (Å²) in [5, 5.41) is 9.11. The minimum Gasteiger partial charge on any atom is -0.456 e. The Morgan fingerprint density at radius 2 is 1.92 bits per heavy atom. The number of rotatable bonds is 3. The number of benzene rings is 2. The maximum absolute atomic E-state index is 11.7. The minimum absolute atomic E-state index is 0.0120. The Morgan fingerprint density at radius 3 is 2.58 bits per heavy atom. The van der Waals surface area contributed by atoms with E-state index in [1.807, 2.05) is 37.3 Å². The summed E-state index contributed by atoms with van der Waals surface area (Å²) in [5.74, 6) is 1.18. The summed E-state index contributed by atoms with van der Waals surface area (Å²) >= 11 is 0. The fourth-order valence-electron chi connectivity index (χ4n) is 3.22. The molecule has 2 amide bonds. The minimum atomic E-state index is -0.381. The average molecular weight is 321 g/mol. The highest BCUT2D eigenvalue weighted by molar-refractivity contribution is 5.73. The van der Waals surface area contributed by atoms with Crippen LogP contribution in [-0.2, 0) is 0 Å². The van der Waals surface area contributed by atoms with Crippen molar-refractivity contribution in [3.8, 4) is 17.6 Å². The summed E-state index contributed by atoms with van der Waals surface area (Å²) in [6.45, 7) is 2.01. The van der Waals surface area contributed by atoms with Crippen LogP contribution in [0.3, 0.4) is 0 Å². The molecule has 0 aromatic heterocycles. The number of likely N-dealkylation sites (tertiary alicyclic amines) is 1. The number of ether oxygens (including phenoxy) is 1. The Kier molecular flexibility index (Phi) is 4.39.